The summed E-state index contributed by atoms with van der Waals surface area (Å²) < 4.78 is 25.7. The second-order valence-electron chi connectivity index (χ2n) is 19.1. The van der Waals surface area contributed by atoms with E-state index in [1.165, 1.54) is 4.90 Å². The molecule has 0 spiro atoms. The van der Waals surface area contributed by atoms with Crippen LogP contribution in [-0.4, -0.2) is 89.6 Å². The molecule has 4 fully saturated rings. The molecule has 5 amide bonds. The molecule has 0 radical (unpaired) electrons. The maximum Gasteiger partial charge on any atom is 0.315 e. The molecule has 51 heavy (non-hydrogen) atoms. The lowest BCUT2D eigenvalue weighted by Crippen LogP contribution is -2.63. The Kier molecular flexibility index (Phi) is 12.4. The molecule has 1 saturated heterocycles. The van der Waals surface area contributed by atoms with Crippen molar-refractivity contribution in [2.75, 3.05) is 12.3 Å². The number of Topliss-reactive ketones (excluding diaryl/α,β-unsaturated/α-hetero) is 1. The zero-order valence-corrected chi connectivity index (χ0v) is 33.4. The average Bonchev–Trinajstić information content (AvgIpc) is 3.94. The minimum absolute atomic E-state index is 0.00615. The van der Waals surface area contributed by atoms with Gasteiger partial charge in [-0.15, -0.1) is 0 Å². The highest BCUT2D eigenvalue weighted by Crippen LogP contribution is 2.39. The summed E-state index contributed by atoms with van der Waals surface area (Å²) in [7, 11) is -3.57. The van der Waals surface area contributed by atoms with Gasteiger partial charge in [-0.1, -0.05) is 73.6 Å². The third kappa shape index (κ3) is 10.9. The SMILES string of the molecule is CC(C)(C)[C@@H]1C[C@@H](C(=O)N[C@H](CCC2CC2)C(=O)C(=O)NC2CC2)N(C(=O)[C@@H](NC(=O)NC2(CS(=O)(=O)C(C)(C)C)CCCCC2)C(C)(C)C)C1. The first-order chi connectivity index (χ1) is 23.4. The second kappa shape index (κ2) is 15.3. The molecule has 3 aliphatic carbocycles. The van der Waals surface area contributed by atoms with Gasteiger partial charge in [0.1, 0.15) is 12.1 Å². The molecule has 12 nitrogen and oxygen atoms in total. The number of sulfone groups is 1. The molecule has 4 rings (SSSR count). The molecule has 0 aromatic heterocycles. The molecule has 0 bridgehead atoms. The molecule has 290 valence electrons. The number of rotatable bonds is 13. The minimum atomic E-state index is -3.57. The number of ketones is 1. The number of amides is 5. The first-order valence-corrected chi connectivity index (χ1v) is 20.8. The van der Waals surface area contributed by atoms with Crippen LogP contribution in [0.2, 0.25) is 0 Å². The first-order valence-electron chi connectivity index (χ1n) is 19.2. The van der Waals surface area contributed by atoms with Crippen LogP contribution in [0.25, 0.3) is 0 Å². The Bertz CT molecular complexity index is 1430. The molecular formula is C38H65N5O7S. The van der Waals surface area contributed by atoms with Crippen LogP contribution in [0.5, 0.6) is 0 Å². The van der Waals surface area contributed by atoms with Gasteiger partial charge in [0.15, 0.2) is 9.84 Å². The average molecular weight is 736 g/mol. The highest BCUT2D eigenvalue weighted by atomic mass is 32.2. The maximum atomic E-state index is 14.6. The van der Waals surface area contributed by atoms with Crippen molar-refractivity contribution >= 4 is 39.4 Å². The number of carbonyl (C=O) groups is 5. The Morgan fingerprint density at radius 2 is 1.45 bits per heavy atom. The van der Waals surface area contributed by atoms with Crippen LogP contribution < -0.4 is 21.3 Å². The van der Waals surface area contributed by atoms with Crippen LogP contribution in [0, 0.1) is 22.7 Å². The summed E-state index contributed by atoms with van der Waals surface area (Å²) >= 11 is 0. The van der Waals surface area contributed by atoms with Gasteiger partial charge in [0.05, 0.1) is 22.1 Å². The van der Waals surface area contributed by atoms with Gasteiger partial charge < -0.3 is 26.2 Å². The molecule has 4 aliphatic rings. The van der Waals surface area contributed by atoms with Crippen LogP contribution in [-0.2, 0) is 29.0 Å². The Hall–Kier alpha value is -2.70. The lowest BCUT2D eigenvalue weighted by atomic mass is 9.79. The molecule has 4 atom stereocenters. The Morgan fingerprint density at radius 1 is 0.843 bits per heavy atom. The van der Waals surface area contributed by atoms with Crippen LogP contribution in [0.3, 0.4) is 0 Å². The van der Waals surface area contributed by atoms with E-state index in [9.17, 15) is 32.4 Å². The predicted molar refractivity (Wildman–Crippen MR) is 197 cm³/mol. The highest BCUT2D eigenvalue weighted by molar-refractivity contribution is 7.92. The number of hydrogen-bond donors (Lipinski definition) is 4. The van der Waals surface area contributed by atoms with Gasteiger partial charge in [-0.3, -0.25) is 19.2 Å². The molecular weight excluding hydrogens is 671 g/mol. The van der Waals surface area contributed by atoms with Gasteiger partial charge in [-0.2, -0.15) is 0 Å². The Balaban J connectivity index is 1.55. The normalized spacial score (nSPS) is 23.9. The molecule has 0 aromatic carbocycles. The number of likely N-dealkylation sites (tertiary alicyclic amines) is 1. The van der Waals surface area contributed by atoms with Crippen molar-refractivity contribution in [3.05, 3.63) is 0 Å². The monoisotopic (exact) mass is 735 g/mol. The van der Waals surface area contributed by atoms with Crippen molar-refractivity contribution in [1.82, 2.24) is 26.2 Å². The summed E-state index contributed by atoms with van der Waals surface area (Å²) in [6.07, 6.45) is 8.84. The smallest absolute Gasteiger partial charge is 0.315 e. The first kappa shape index (κ1) is 41.1. The zero-order valence-electron chi connectivity index (χ0n) is 32.6. The summed E-state index contributed by atoms with van der Waals surface area (Å²) in [6.45, 7) is 17.0. The molecule has 3 saturated carbocycles. The maximum absolute atomic E-state index is 14.6. The summed E-state index contributed by atoms with van der Waals surface area (Å²) in [6, 6.07) is -3.54. The van der Waals surface area contributed by atoms with Crippen molar-refractivity contribution < 1.29 is 32.4 Å². The van der Waals surface area contributed by atoms with E-state index < -0.39 is 73.2 Å². The van der Waals surface area contributed by atoms with Crippen molar-refractivity contribution in [2.24, 2.45) is 22.7 Å². The molecule has 0 unspecified atom stereocenters. The van der Waals surface area contributed by atoms with E-state index >= 15 is 0 Å². The fraction of sp³-hybridized carbons (Fsp3) is 0.868. The fourth-order valence-electron chi connectivity index (χ4n) is 7.28. The third-order valence-electron chi connectivity index (χ3n) is 11.4. The number of nitrogens with one attached hydrogen (secondary N) is 4. The van der Waals surface area contributed by atoms with E-state index in [0.717, 1.165) is 51.4 Å². The molecule has 1 aliphatic heterocycles. The standard InChI is InChI=1S/C38H65N5O7S/c1-35(2,3)25-21-28(31(45)40-27(18-15-24-13-14-24)29(44)32(46)39-26-16-17-26)43(22-25)33(47)30(36(4,5)6)41-34(48)42-38(19-11-10-12-20-38)23-51(49,50)37(7,8)9/h24-28,30H,10-23H2,1-9H3,(H,39,46)(H,40,45)(H2,41,42,48)/t25-,27-,28+,30-/m1/s1. The van der Waals surface area contributed by atoms with Gasteiger partial charge >= 0.3 is 6.03 Å². The van der Waals surface area contributed by atoms with Crippen LogP contribution in [0.1, 0.15) is 139 Å². The molecule has 4 N–H and O–H groups in total. The highest BCUT2D eigenvalue weighted by Gasteiger charge is 2.49. The van der Waals surface area contributed by atoms with Gasteiger partial charge in [-0.05, 0) is 88.4 Å². The van der Waals surface area contributed by atoms with E-state index in [0.29, 0.717) is 31.6 Å². The second-order valence-corrected chi connectivity index (χ2v) is 21.9. The summed E-state index contributed by atoms with van der Waals surface area (Å²) in [5.41, 5.74) is -1.97. The van der Waals surface area contributed by atoms with Crippen molar-refractivity contribution in [3.63, 3.8) is 0 Å². The number of urea groups is 1. The van der Waals surface area contributed by atoms with Crippen molar-refractivity contribution in [2.45, 2.75) is 174 Å². The Labute approximate surface area is 306 Å². The molecule has 1 heterocycles. The number of nitrogens with zero attached hydrogens (tertiary/aromatic N) is 1. The lowest BCUT2D eigenvalue weighted by Gasteiger charge is -2.41. The fourth-order valence-corrected chi connectivity index (χ4v) is 8.80. The van der Waals surface area contributed by atoms with Crippen LogP contribution in [0.4, 0.5) is 4.79 Å². The van der Waals surface area contributed by atoms with E-state index in [1.54, 1.807) is 20.8 Å². The van der Waals surface area contributed by atoms with Gasteiger partial charge in [0.2, 0.25) is 17.6 Å². The topological polar surface area (TPSA) is 171 Å². The van der Waals surface area contributed by atoms with E-state index in [2.05, 4.69) is 42.0 Å². The van der Waals surface area contributed by atoms with E-state index in [4.69, 9.17) is 0 Å². The van der Waals surface area contributed by atoms with E-state index in [-0.39, 0.29) is 29.7 Å². The van der Waals surface area contributed by atoms with Crippen molar-refractivity contribution in [1.29, 1.82) is 0 Å². The quantitative estimate of drug-likeness (QED) is 0.203. The summed E-state index contributed by atoms with van der Waals surface area (Å²) in [4.78, 5) is 70.2. The number of hydrogen-bond acceptors (Lipinski definition) is 7. The third-order valence-corrected chi connectivity index (χ3v) is 14.2. The van der Waals surface area contributed by atoms with E-state index in [1.807, 2.05) is 20.8 Å². The van der Waals surface area contributed by atoms with Gasteiger partial charge in [-0.25, -0.2) is 13.2 Å². The molecule has 0 aromatic rings. The summed E-state index contributed by atoms with van der Waals surface area (Å²) in [5.74, 6) is -1.98. The van der Waals surface area contributed by atoms with Gasteiger partial charge in [0.25, 0.3) is 5.91 Å². The lowest BCUT2D eigenvalue weighted by molar-refractivity contribution is -0.144. The van der Waals surface area contributed by atoms with Gasteiger partial charge in [0, 0.05) is 12.6 Å². The summed E-state index contributed by atoms with van der Waals surface area (Å²) in [5, 5.41) is 11.6. The van der Waals surface area contributed by atoms with Crippen LogP contribution >= 0.6 is 0 Å². The molecule has 13 heteroatoms. The Morgan fingerprint density at radius 3 is 1.96 bits per heavy atom. The van der Waals surface area contributed by atoms with Crippen molar-refractivity contribution in [3.8, 4) is 0 Å². The minimum Gasteiger partial charge on any atom is -0.347 e. The zero-order chi connectivity index (χ0) is 38.2. The largest absolute Gasteiger partial charge is 0.347 e. The van der Waals surface area contributed by atoms with Crippen LogP contribution in [0.15, 0.2) is 0 Å². The predicted octanol–water partition coefficient (Wildman–Crippen LogP) is 4.40. The number of carbonyl (C=O) groups excluding carboxylic acids is 5.